The van der Waals surface area contributed by atoms with Crippen LogP contribution in [0.15, 0.2) is 0 Å². The van der Waals surface area contributed by atoms with E-state index in [-0.39, 0.29) is 5.91 Å². The van der Waals surface area contributed by atoms with Crippen LogP contribution < -0.4 is 5.32 Å². The van der Waals surface area contributed by atoms with E-state index in [4.69, 9.17) is 0 Å². The van der Waals surface area contributed by atoms with E-state index in [1.807, 2.05) is 4.90 Å². The van der Waals surface area contributed by atoms with Crippen LogP contribution in [0.5, 0.6) is 0 Å². The second kappa shape index (κ2) is 6.89. The van der Waals surface area contributed by atoms with Crippen LogP contribution in [-0.4, -0.2) is 36.5 Å². The third-order valence-corrected chi connectivity index (χ3v) is 3.40. The van der Waals surface area contributed by atoms with Crippen molar-refractivity contribution in [2.24, 2.45) is 5.92 Å². The molecule has 0 bridgehead atoms. The number of nitrogens with one attached hydrogen (secondary N) is 1. The topological polar surface area (TPSA) is 32.3 Å². The molecule has 1 rings (SSSR count). The first kappa shape index (κ1) is 13.5. The maximum Gasteiger partial charge on any atom is 0.219 e. The van der Waals surface area contributed by atoms with Gasteiger partial charge in [0.15, 0.2) is 0 Å². The van der Waals surface area contributed by atoms with Gasteiger partial charge in [-0.3, -0.25) is 4.79 Å². The Balaban J connectivity index is 2.06. The average Bonchev–Trinajstić information content (AvgIpc) is 2.25. The molecule has 0 aromatic rings. The molecule has 1 N–H and O–H groups in total. The first-order valence-electron chi connectivity index (χ1n) is 6.58. The highest BCUT2D eigenvalue weighted by atomic mass is 16.2. The van der Waals surface area contributed by atoms with Gasteiger partial charge in [-0.2, -0.15) is 0 Å². The lowest BCUT2D eigenvalue weighted by molar-refractivity contribution is -0.130. The molecular formula is C13H26N2O. The van der Waals surface area contributed by atoms with Crippen LogP contribution in [0.1, 0.15) is 46.5 Å². The zero-order valence-electron chi connectivity index (χ0n) is 11.0. The van der Waals surface area contributed by atoms with Crippen LogP contribution in [0.4, 0.5) is 0 Å². The normalized spacial score (nSPS) is 18.1. The van der Waals surface area contributed by atoms with Crippen LogP contribution in [0, 0.1) is 5.92 Å². The molecule has 1 aliphatic rings. The van der Waals surface area contributed by atoms with Gasteiger partial charge in [-0.15, -0.1) is 0 Å². The number of carbonyl (C=O) groups is 1. The standard InChI is InChI=1S/C13H26N2O/c1-11(2)14-8-4-5-13-6-9-15(10-7-13)12(3)16/h11,13-14H,4-10H2,1-3H3. The summed E-state index contributed by atoms with van der Waals surface area (Å²) in [6.45, 7) is 9.11. The molecule has 0 aromatic carbocycles. The Morgan fingerprint density at radius 3 is 2.50 bits per heavy atom. The summed E-state index contributed by atoms with van der Waals surface area (Å²) in [5, 5.41) is 3.45. The maximum atomic E-state index is 11.2. The molecule has 3 heteroatoms. The Labute approximate surface area is 99.6 Å². The molecule has 1 saturated heterocycles. The summed E-state index contributed by atoms with van der Waals surface area (Å²) in [6, 6.07) is 0.597. The fourth-order valence-electron chi connectivity index (χ4n) is 2.32. The van der Waals surface area contributed by atoms with E-state index in [2.05, 4.69) is 19.2 Å². The number of hydrogen-bond donors (Lipinski definition) is 1. The molecule has 0 atom stereocenters. The predicted octanol–water partition coefficient (Wildman–Crippen LogP) is 2.02. The van der Waals surface area contributed by atoms with Crippen molar-refractivity contribution in [1.82, 2.24) is 10.2 Å². The lowest BCUT2D eigenvalue weighted by atomic mass is 9.92. The first-order chi connectivity index (χ1) is 7.59. The fraction of sp³-hybridized carbons (Fsp3) is 0.923. The number of likely N-dealkylation sites (tertiary alicyclic amines) is 1. The molecule has 0 radical (unpaired) electrons. The van der Waals surface area contributed by atoms with Gasteiger partial charge in [0.2, 0.25) is 5.91 Å². The summed E-state index contributed by atoms with van der Waals surface area (Å²) in [5.41, 5.74) is 0. The number of amides is 1. The fourth-order valence-corrected chi connectivity index (χ4v) is 2.32. The molecule has 94 valence electrons. The van der Waals surface area contributed by atoms with E-state index < -0.39 is 0 Å². The monoisotopic (exact) mass is 226 g/mol. The van der Waals surface area contributed by atoms with Crippen molar-refractivity contribution in [1.29, 1.82) is 0 Å². The number of carbonyl (C=O) groups excluding carboxylic acids is 1. The number of hydrogen-bond acceptors (Lipinski definition) is 2. The van der Waals surface area contributed by atoms with Crippen molar-refractivity contribution < 1.29 is 4.79 Å². The van der Waals surface area contributed by atoms with Gasteiger partial charge in [0.05, 0.1) is 0 Å². The molecular weight excluding hydrogens is 200 g/mol. The highest BCUT2D eigenvalue weighted by Gasteiger charge is 2.19. The van der Waals surface area contributed by atoms with Crippen molar-refractivity contribution in [3.63, 3.8) is 0 Å². The summed E-state index contributed by atoms with van der Waals surface area (Å²) < 4.78 is 0. The van der Waals surface area contributed by atoms with Gasteiger partial charge in [-0.25, -0.2) is 0 Å². The van der Waals surface area contributed by atoms with Gasteiger partial charge < -0.3 is 10.2 Å². The average molecular weight is 226 g/mol. The van der Waals surface area contributed by atoms with Crippen molar-refractivity contribution in [2.45, 2.75) is 52.5 Å². The molecule has 0 spiro atoms. The van der Waals surface area contributed by atoms with Gasteiger partial charge in [0, 0.05) is 26.1 Å². The summed E-state index contributed by atoms with van der Waals surface area (Å²) >= 11 is 0. The van der Waals surface area contributed by atoms with Gasteiger partial charge in [-0.05, 0) is 38.1 Å². The second-order valence-electron chi connectivity index (χ2n) is 5.20. The van der Waals surface area contributed by atoms with Crippen molar-refractivity contribution >= 4 is 5.91 Å². The molecule has 0 saturated carbocycles. The highest BCUT2D eigenvalue weighted by molar-refractivity contribution is 5.73. The second-order valence-corrected chi connectivity index (χ2v) is 5.20. The van der Waals surface area contributed by atoms with Crippen LogP contribution in [0.2, 0.25) is 0 Å². The Morgan fingerprint density at radius 2 is 2.00 bits per heavy atom. The van der Waals surface area contributed by atoms with Gasteiger partial charge in [0.25, 0.3) is 0 Å². The molecule has 1 fully saturated rings. The maximum absolute atomic E-state index is 11.2. The van der Waals surface area contributed by atoms with E-state index >= 15 is 0 Å². The van der Waals surface area contributed by atoms with Crippen LogP contribution >= 0.6 is 0 Å². The summed E-state index contributed by atoms with van der Waals surface area (Å²) in [7, 11) is 0. The zero-order valence-corrected chi connectivity index (χ0v) is 11.0. The third kappa shape index (κ3) is 4.97. The van der Waals surface area contributed by atoms with E-state index in [0.29, 0.717) is 6.04 Å². The third-order valence-electron chi connectivity index (χ3n) is 3.40. The van der Waals surface area contributed by atoms with Gasteiger partial charge >= 0.3 is 0 Å². The highest BCUT2D eigenvalue weighted by Crippen LogP contribution is 2.21. The van der Waals surface area contributed by atoms with Crippen molar-refractivity contribution in [3.8, 4) is 0 Å². The number of piperidine rings is 1. The lowest BCUT2D eigenvalue weighted by Crippen LogP contribution is -2.37. The molecule has 0 aromatic heterocycles. The molecule has 0 unspecified atom stereocenters. The smallest absolute Gasteiger partial charge is 0.219 e. The van der Waals surface area contributed by atoms with E-state index in [9.17, 15) is 4.79 Å². The van der Waals surface area contributed by atoms with Gasteiger partial charge in [-0.1, -0.05) is 13.8 Å². The minimum absolute atomic E-state index is 0.236. The molecule has 1 aliphatic heterocycles. The van der Waals surface area contributed by atoms with Crippen molar-refractivity contribution in [2.75, 3.05) is 19.6 Å². The number of rotatable bonds is 5. The zero-order chi connectivity index (χ0) is 12.0. The predicted molar refractivity (Wildman–Crippen MR) is 67.4 cm³/mol. The molecule has 1 amide bonds. The Morgan fingerprint density at radius 1 is 1.38 bits per heavy atom. The minimum Gasteiger partial charge on any atom is -0.343 e. The van der Waals surface area contributed by atoms with E-state index in [0.717, 1.165) is 25.6 Å². The lowest BCUT2D eigenvalue weighted by Gasteiger charge is -2.31. The van der Waals surface area contributed by atoms with E-state index in [1.165, 1.54) is 25.7 Å². The first-order valence-corrected chi connectivity index (χ1v) is 6.58. The van der Waals surface area contributed by atoms with Crippen LogP contribution in [0.25, 0.3) is 0 Å². The Hall–Kier alpha value is -0.570. The van der Waals surface area contributed by atoms with Crippen LogP contribution in [0.3, 0.4) is 0 Å². The van der Waals surface area contributed by atoms with E-state index in [1.54, 1.807) is 6.92 Å². The largest absolute Gasteiger partial charge is 0.343 e. The summed E-state index contributed by atoms with van der Waals surface area (Å²) in [4.78, 5) is 13.1. The van der Waals surface area contributed by atoms with Crippen LogP contribution in [-0.2, 0) is 4.79 Å². The van der Waals surface area contributed by atoms with Crippen molar-refractivity contribution in [3.05, 3.63) is 0 Å². The molecule has 3 nitrogen and oxygen atoms in total. The van der Waals surface area contributed by atoms with Gasteiger partial charge in [0.1, 0.15) is 0 Å². The molecule has 16 heavy (non-hydrogen) atoms. The molecule has 1 heterocycles. The summed E-state index contributed by atoms with van der Waals surface area (Å²) in [6.07, 6.45) is 4.97. The minimum atomic E-state index is 0.236. The summed E-state index contributed by atoms with van der Waals surface area (Å²) in [5.74, 6) is 1.07. The Kier molecular flexibility index (Phi) is 5.81. The number of nitrogens with zero attached hydrogens (tertiary/aromatic N) is 1. The Bertz CT molecular complexity index is 208. The quantitative estimate of drug-likeness (QED) is 0.727. The molecule has 0 aliphatic carbocycles. The SMILES string of the molecule is CC(=O)N1CCC(CCCNC(C)C)CC1.